The lowest BCUT2D eigenvalue weighted by Gasteiger charge is -2.10. The van der Waals surface area contributed by atoms with Gasteiger partial charge in [0.05, 0.1) is 12.7 Å². The zero-order valence-corrected chi connectivity index (χ0v) is 8.44. The summed E-state index contributed by atoms with van der Waals surface area (Å²) in [5.41, 5.74) is 0.779. The highest BCUT2D eigenvalue weighted by Crippen LogP contribution is 2.10. The first-order valence-corrected chi connectivity index (χ1v) is 4.71. The van der Waals surface area contributed by atoms with E-state index in [1.807, 2.05) is 37.3 Å². The highest BCUT2D eigenvalue weighted by Gasteiger charge is 2.03. The average molecular weight is 192 g/mol. The summed E-state index contributed by atoms with van der Waals surface area (Å²) in [5.74, 6) is 0.835. The van der Waals surface area contributed by atoms with Crippen LogP contribution in [0.2, 0.25) is 0 Å². The summed E-state index contributed by atoms with van der Waals surface area (Å²) in [6.07, 6.45) is 0.128. The lowest BCUT2D eigenvalue weighted by atomic mass is 10.1. The van der Waals surface area contributed by atoms with Crippen molar-refractivity contribution in [1.29, 1.82) is 0 Å². The van der Waals surface area contributed by atoms with Gasteiger partial charge in [0.25, 0.3) is 0 Å². The van der Waals surface area contributed by atoms with E-state index in [1.165, 1.54) is 0 Å². The van der Waals surface area contributed by atoms with Gasteiger partial charge in [0.1, 0.15) is 5.75 Å². The highest BCUT2D eigenvalue weighted by molar-refractivity contribution is 5.20. The Kier molecular flexibility index (Phi) is 4.20. The Bertz CT molecular complexity index is 280. The van der Waals surface area contributed by atoms with E-state index in [-0.39, 0.29) is 0 Å². The molecule has 0 aliphatic rings. The predicted octanol–water partition coefficient (Wildman–Crippen LogP) is 2.39. The Morgan fingerprint density at radius 3 is 2.64 bits per heavy atom. The summed E-state index contributed by atoms with van der Waals surface area (Å²) < 4.78 is 5.43. The van der Waals surface area contributed by atoms with E-state index < -0.39 is 6.10 Å². The maximum atomic E-state index is 9.42. The molecular weight excluding hydrogens is 176 g/mol. The maximum Gasteiger partial charge on any atom is 0.119 e. The lowest BCUT2D eigenvalue weighted by Crippen LogP contribution is -2.12. The Hall–Kier alpha value is -1.28. The van der Waals surface area contributed by atoms with E-state index >= 15 is 0 Å². The van der Waals surface area contributed by atoms with Crippen molar-refractivity contribution in [3.8, 4) is 5.75 Å². The molecule has 0 amide bonds. The molecule has 14 heavy (non-hydrogen) atoms. The molecule has 1 atom stereocenters. The minimum atomic E-state index is -0.460. The van der Waals surface area contributed by atoms with Gasteiger partial charge in [-0.1, -0.05) is 30.4 Å². The van der Waals surface area contributed by atoms with Crippen LogP contribution in [0.25, 0.3) is 0 Å². The van der Waals surface area contributed by atoms with Gasteiger partial charge in [0.2, 0.25) is 0 Å². The fourth-order valence-electron chi connectivity index (χ4n) is 1.05. The van der Waals surface area contributed by atoms with Crippen molar-refractivity contribution in [1.82, 2.24) is 0 Å². The van der Waals surface area contributed by atoms with E-state index in [0.717, 1.165) is 11.3 Å². The molecule has 0 bridgehead atoms. The van der Waals surface area contributed by atoms with Gasteiger partial charge in [0, 0.05) is 6.42 Å². The Balaban J connectivity index is 2.26. The SMILES string of the molecule is C=C(C)C(O)CCOc1ccccc1. The van der Waals surface area contributed by atoms with E-state index in [4.69, 9.17) is 4.74 Å². The molecule has 2 heteroatoms. The van der Waals surface area contributed by atoms with Crippen molar-refractivity contribution in [3.05, 3.63) is 42.5 Å². The molecule has 1 unspecified atom stereocenters. The highest BCUT2D eigenvalue weighted by atomic mass is 16.5. The number of para-hydroxylation sites is 1. The van der Waals surface area contributed by atoms with Crippen LogP contribution in [0.4, 0.5) is 0 Å². The van der Waals surface area contributed by atoms with Gasteiger partial charge < -0.3 is 9.84 Å². The molecule has 0 aliphatic heterocycles. The zero-order chi connectivity index (χ0) is 10.4. The van der Waals surface area contributed by atoms with Gasteiger partial charge >= 0.3 is 0 Å². The first-order chi connectivity index (χ1) is 6.70. The number of hydrogen-bond donors (Lipinski definition) is 1. The number of aliphatic hydroxyl groups excluding tert-OH is 1. The Morgan fingerprint density at radius 1 is 1.43 bits per heavy atom. The van der Waals surface area contributed by atoms with Crippen molar-refractivity contribution >= 4 is 0 Å². The lowest BCUT2D eigenvalue weighted by molar-refractivity contribution is 0.169. The van der Waals surface area contributed by atoms with Gasteiger partial charge in [-0.2, -0.15) is 0 Å². The van der Waals surface area contributed by atoms with Crippen LogP contribution in [0, 0.1) is 0 Å². The fraction of sp³-hybridized carbons (Fsp3) is 0.333. The van der Waals surface area contributed by atoms with Crippen LogP contribution in [0.1, 0.15) is 13.3 Å². The number of ether oxygens (including phenoxy) is 1. The average Bonchev–Trinajstić information content (AvgIpc) is 2.19. The number of rotatable bonds is 5. The molecule has 0 aromatic heterocycles. The first-order valence-electron chi connectivity index (χ1n) is 4.71. The molecule has 1 N–H and O–H groups in total. The summed E-state index contributed by atoms with van der Waals surface area (Å²) in [7, 11) is 0. The third-order valence-electron chi connectivity index (χ3n) is 1.97. The second-order valence-corrected chi connectivity index (χ2v) is 3.31. The van der Waals surface area contributed by atoms with Gasteiger partial charge in [-0.3, -0.25) is 0 Å². The van der Waals surface area contributed by atoms with Gasteiger partial charge in [-0.25, -0.2) is 0 Å². The first kappa shape index (κ1) is 10.8. The quantitative estimate of drug-likeness (QED) is 0.726. The summed E-state index contributed by atoms with van der Waals surface area (Å²) >= 11 is 0. The van der Waals surface area contributed by atoms with Crippen LogP contribution in [0.15, 0.2) is 42.5 Å². The van der Waals surface area contributed by atoms with Crippen molar-refractivity contribution in [2.75, 3.05) is 6.61 Å². The summed E-state index contributed by atoms with van der Waals surface area (Å²) in [6, 6.07) is 9.57. The number of aliphatic hydroxyl groups is 1. The predicted molar refractivity (Wildman–Crippen MR) is 57.4 cm³/mol. The van der Waals surface area contributed by atoms with Gasteiger partial charge in [0.15, 0.2) is 0 Å². The Morgan fingerprint density at radius 2 is 2.07 bits per heavy atom. The molecule has 0 spiro atoms. The van der Waals surface area contributed by atoms with E-state index in [2.05, 4.69) is 6.58 Å². The summed E-state index contributed by atoms with van der Waals surface area (Å²) in [5, 5.41) is 9.42. The van der Waals surface area contributed by atoms with Crippen LogP contribution in [0.5, 0.6) is 5.75 Å². The second kappa shape index (κ2) is 5.45. The molecule has 0 saturated carbocycles. The molecule has 2 nitrogen and oxygen atoms in total. The van der Waals surface area contributed by atoms with Crippen molar-refractivity contribution < 1.29 is 9.84 Å². The molecule has 0 radical (unpaired) electrons. The van der Waals surface area contributed by atoms with Crippen LogP contribution in [0.3, 0.4) is 0 Å². The van der Waals surface area contributed by atoms with Crippen molar-refractivity contribution in [2.24, 2.45) is 0 Å². The minimum absolute atomic E-state index is 0.460. The molecule has 1 aromatic carbocycles. The van der Waals surface area contributed by atoms with E-state index in [1.54, 1.807) is 0 Å². The zero-order valence-electron chi connectivity index (χ0n) is 8.44. The van der Waals surface area contributed by atoms with E-state index in [0.29, 0.717) is 13.0 Å². The third-order valence-corrected chi connectivity index (χ3v) is 1.97. The van der Waals surface area contributed by atoms with Crippen LogP contribution in [-0.2, 0) is 0 Å². The van der Waals surface area contributed by atoms with Crippen molar-refractivity contribution in [3.63, 3.8) is 0 Å². The number of benzene rings is 1. The monoisotopic (exact) mass is 192 g/mol. The van der Waals surface area contributed by atoms with Gasteiger partial charge in [-0.15, -0.1) is 0 Å². The molecule has 0 saturated heterocycles. The Labute approximate surface area is 84.8 Å². The molecule has 0 fully saturated rings. The minimum Gasteiger partial charge on any atom is -0.493 e. The third kappa shape index (κ3) is 3.62. The summed E-state index contributed by atoms with van der Waals surface area (Å²) in [4.78, 5) is 0. The normalized spacial score (nSPS) is 12.1. The van der Waals surface area contributed by atoms with Crippen LogP contribution in [-0.4, -0.2) is 17.8 Å². The molecular formula is C12H16O2. The van der Waals surface area contributed by atoms with Crippen LogP contribution < -0.4 is 4.74 Å². The molecule has 0 heterocycles. The molecule has 76 valence electrons. The maximum absolute atomic E-state index is 9.42. The molecule has 1 aromatic rings. The molecule has 0 aliphatic carbocycles. The standard InChI is InChI=1S/C12H16O2/c1-10(2)12(13)8-9-14-11-6-4-3-5-7-11/h3-7,12-13H,1,8-9H2,2H3. The fourth-order valence-corrected chi connectivity index (χ4v) is 1.05. The topological polar surface area (TPSA) is 29.5 Å². The smallest absolute Gasteiger partial charge is 0.119 e. The second-order valence-electron chi connectivity index (χ2n) is 3.31. The molecule has 1 rings (SSSR count). The van der Waals surface area contributed by atoms with E-state index in [9.17, 15) is 5.11 Å². The van der Waals surface area contributed by atoms with Crippen LogP contribution >= 0.6 is 0 Å². The van der Waals surface area contributed by atoms with Crippen molar-refractivity contribution in [2.45, 2.75) is 19.4 Å². The summed E-state index contributed by atoms with van der Waals surface area (Å²) in [6.45, 7) is 6.00. The van der Waals surface area contributed by atoms with Gasteiger partial charge in [-0.05, 0) is 19.1 Å². The largest absolute Gasteiger partial charge is 0.493 e. The number of hydrogen-bond acceptors (Lipinski definition) is 2.